The van der Waals surface area contributed by atoms with Crippen LogP contribution in [0, 0.1) is 13.8 Å². The first-order valence-corrected chi connectivity index (χ1v) is 8.34. The predicted molar refractivity (Wildman–Crippen MR) is 92.5 cm³/mol. The Morgan fingerprint density at radius 1 is 1.38 bits per heavy atom. The van der Waals surface area contributed by atoms with Gasteiger partial charge >= 0.3 is 0 Å². The number of carbonyl (C=O) groups excluding carboxylic acids is 1. The maximum absolute atomic E-state index is 11.9. The fourth-order valence-electron chi connectivity index (χ4n) is 2.34. The number of benzene rings is 1. The molecule has 2 N–H and O–H groups in total. The topological polar surface area (TPSA) is 41.1 Å². The lowest BCUT2D eigenvalue weighted by Crippen LogP contribution is -2.45. The van der Waals surface area contributed by atoms with Gasteiger partial charge in [0.1, 0.15) is 0 Å². The van der Waals surface area contributed by atoms with Crippen LogP contribution in [0.3, 0.4) is 0 Å². The normalized spacial score (nSPS) is 17.9. The number of nitrogens with one attached hydrogen (secondary N) is 2. The van der Waals surface area contributed by atoms with Crippen LogP contribution in [0.5, 0.6) is 0 Å². The lowest BCUT2D eigenvalue weighted by atomic mass is 10.1. The van der Waals surface area contributed by atoms with Crippen LogP contribution in [0.15, 0.2) is 23.1 Å². The van der Waals surface area contributed by atoms with Gasteiger partial charge in [-0.3, -0.25) is 4.79 Å². The molecule has 0 bridgehead atoms. The van der Waals surface area contributed by atoms with Gasteiger partial charge in [-0.1, -0.05) is 6.07 Å². The number of hydrogen-bond acceptors (Lipinski definition) is 3. The largest absolute Gasteiger partial charge is 0.352 e. The molecule has 1 aliphatic rings. The summed E-state index contributed by atoms with van der Waals surface area (Å²) in [4.78, 5) is 13.1. The van der Waals surface area contributed by atoms with Gasteiger partial charge in [-0.15, -0.1) is 24.2 Å². The molecule has 118 valence electrons. The van der Waals surface area contributed by atoms with Crippen LogP contribution in [0.25, 0.3) is 0 Å². The van der Waals surface area contributed by atoms with Gasteiger partial charge in [-0.25, -0.2) is 0 Å². The Morgan fingerprint density at radius 3 is 2.86 bits per heavy atom. The fourth-order valence-corrected chi connectivity index (χ4v) is 3.29. The monoisotopic (exact) mass is 328 g/mol. The zero-order valence-corrected chi connectivity index (χ0v) is 14.4. The van der Waals surface area contributed by atoms with Crippen molar-refractivity contribution < 1.29 is 4.79 Å². The highest BCUT2D eigenvalue weighted by atomic mass is 35.5. The number of halogens is 1. The minimum absolute atomic E-state index is 0. The van der Waals surface area contributed by atoms with Crippen molar-refractivity contribution in [3.8, 4) is 0 Å². The smallest absolute Gasteiger partial charge is 0.221 e. The maximum Gasteiger partial charge on any atom is 0.221 e. The van der Waals surface area contributed by atoms with Crippen molar-refractivity contribution in [2.24, 2.45) is 0 Å². The molecule has 1 aromatic carbocycles. The van der Waals surface area contributed by atoms with Gasteiger partial charge in [-0.05, 0) is 56.5 Å². The average Bonchev–Trinajstić information content (AvgIpc) is 2.44. The molecule has 2 rings (SSSR count). The van der Waals surface area contributed by atoms with E-state index >= 15 is 0 Å². The van der Waals surface area contributed by atoms with Crippen LogP contribution in [-0.2, 0) is 4.79 Å². The van der Waals surface area contributed by atoms with Gasteiger partial charge in [-0.2, -0.15) is 0 Å². The number of amides is 1. The Labute approximate surface area is 138 Å². The summed E-state index contributed by atoms with van der Waals surface area (Å²) in [5, 5.41) is 6.42. The number of hydrogen-bond donors (Lipinski definition) is 2. The van der Waals surface area contributed by atoms with Crippen molar-refractivity contribution in [3.05, 3.63) is 29.3 Å². The summed E-state index contributed by atoms with van der Waals surface area (Å²) in [6.45, 7) is 6.24. The van der Waals surface area contributed by atoms with E-state index < -0.39 is 0 Å². The van der Waals surface area contributed by atoms with E-state index in [2.05, 4.69) is 42.7 Å². The summed E-state index contributed by atoms with van der Waals surface area (Å²) >= 11 is 1.76. The maximum atomic E-state index is 11.9. The molecule has 1 saturated heterocycles. The Morgan fingerprint density at radius 2 is 2.19 bits per heavy atom. The van der Waals surface area contributed by atoms with E-state index in [4.69, 9.17) is 0 Å². The van der Waals surface area contributed by atoms with E-state index in [1.807, 2.05) is 0 Å². The second kappa shape index (κ2) is 9.34. The summed E-state index contributed by atoms with van der Waals surface area (Å²) in [7, 11) is 0. The Kier molecular flexibility index (Phi) is 8.15. The molecule has 1 aromatic rings. The third kappa shape index (κ3) is 6.29. The van der Waals surface area contributed by atoms with Crippen LogP contribution in [0.2, 0.25) is 0 Å². The second-order valence-corrected chi connectivity index (χ2v) is 6.62. The molecule has 0 unspecified atom stereocenters. The quantitative estimate of drug-likeness (QED) is 0.816. The summed E-state index contributed by atoms with van der Waals surface area (Å²) < 4.78 is 0. The molecule has 3 nitrogen and oxygen atoms in total. The zero-order chi connectivity index (χ0) is 14.4. The van der Waals surface area contributed by atoms with Gasteiger partial charge < -0.3 is 10.6 Å². The van der Waals surface area contributed by atoms with Crippen molar-refractivity contribution in [1.29, 1.82) is 0 Å². The highest BCUT2D eigenvalue weighted by Gasteiger charge is 2.14. The molecule has 1 atom stereocenters. The van der Waals surface area contributed by atoms with Gasteiger partial charge in [0.2, 0.25) is 5.91 Å². The SMILES string of the molecule is Cc1ccc(SCCC(=O)N[C@H]2CCCNC2)cc1C.Cl. The summed E-state index contributed by atoms with van der Waals surface area (Å²) in [5.74, 6) is 1.02. The van der Waals surface area contributed by atoms with E-state index in [0.717, 1.165) is 31.7 Å². The molecular weight excluding hydrogens is 304 g/mol. The van der Waals surface area contributed by atoms with Crippen LogP contribution in [-0.4, -0.2) is 30.8 Å². The average molecular weight is 329 g/mol. The molecular formula is C16H25ClN2OS. The molecule has 0 aromatic heterocycles. The summed E-state index contributed by atoms with van der Waals surface area (Å²) in [6.07, 6.45) is 2.85. The number of rotatable bonds is 5. The standard InChI is InChI=1S/C16H24N2OS.ClH/c1-12-5-6-15(10-13(12)2)20-9-7-16(19)18-14-4-3-8-17-11-14;/h5-6,10,14,17H,3-4,7-9,11H2,1-2H3,(H,18,19);1H/t14-;/m0./s1. The molecule has 1 heterocycles. The van der Waals surface area contributed by atoms with Crippen molar-refractivity contribution >= 4 is 30.1 Å². The van der Waals surface area contributed by atoms with E-state index in [0.29, 0.717) is 12.5 Å². The van der Waals surface area contributed by atoms with Gasteiger partial charge in [0, 0.05) is 29.7 Å². The van der Waals surface area contributed by atoms with E-state index in [1.165, 1.54) is 16.0 Å². The van der Waals surface area contributed by atoms with Gasteiger partial charge in [0.15, 0.2) is 0 Å². The van der Waals surface area contributed by atoms with Crippen molar-refractivity contribution in [2.75, 3.05) is 18.8 Å². The molecule has 1 fully saturated rings. The first-order chi connectivity index (χ1) is 9.65. The second-order valence-electron chi connectivity index (χ2n) is 5.46. The van der Waals surface area contributed by atoms with Crippen molar-refractivity contribution in [1.82, 2.24) is 10.6 Å². The Bertz CT molecular complexity index is 462. The molecule has 0 saturated carbocycles. The highest BCUT2D eigenvalue weighted by Crippen LogP contribution is 2.21. The van der Waals surface area contributed by atoms with Crippen molar-refractivity contribution in [2.45, 2.75) is 44.0 Å². The van der Waals surface area contributed by atoms with Crippen LogP contribution >= 0.6 is 24.2 Å². The third-order valence-corrected chi connectivity index (χ3v) is 4.73. The highest BCUT2D eigenvalue weighted by molar-refractivity contribution is 7.99. The lowest BCUT2D eigenvalue weighted by Gasteiger charge is -2.23. The van der Waals surface area contributed by atoms with Crippen LogP contribution < -0.4 is 10.6 Å². The van der Waals surface area contributed by atoms with Crippen LogP contribution in [0.4, 0.5) is 0 Å². The number of aryl methyl sites for hydroxylation is 2. The molecule has 0 radical (unpaired) electrons. The summed E-state index contributed by atoms with van der Waals surface area (Å²) in [6, 6.07) is 6.80. The molecule has 0 aliphatic carbocycles. The zero-order valence-electron chi connectivity index (χ0n) is 12.8. The Hall–Kier alpha value is -0.710. The van der Waals surface area contributed by atoms with Crippen LogP contribution in [0.1, 0.15) is 30.4 Å². The summed E-state index contributed by atoms with van der Waals surface area (Å²) in [5.41, 5.74) is 2.63. The van der Waals surface area contributed by atoms with Gasteiger partial charge in [0.05, 0.1) is 0 Å². The number of thioether (sulfide) groups is 1. The predicted octanol–water partition coefficient (Wildman–Crippen LogP) is 3.08. The third-order valence-electron chi connectivity index (χ3n) is 3.74. The molecule has 5 heteroatoms. The van der Waals surface area contributed by atoms with Crippen molar-refractivity contribution in [3.63, 3.8) is 0 Å². The van der Waals surface area contributed by atoms with Gasteiger partial charge in [0.25, 0.3) is 0 Å². The minimum Gasteiger partial charge on any atom is -0.352 e. The van der Waals surface area contributed by atoms with E-state index in [1.54, 1.807) is 11.8 Å². The van der Waals surface area contributed by atoms with E-state index in [-0.39, 0.29) is 18.3 Å². The Balaban J connectivity index is 0.00000220. The molecule has 1 aliphatic heterocycles. The lowest BCUT2D eigenvalue weighted by molar-refractivity contribution is -0.121. The van der Waals surface area contributed by atoms with E-state index in [9.17, 15) is 4.79 Å². The first-order valence-electron chi connectivity index (χ1n) is 7.35. The first kappa shape index (κ1) is 18.3. The molecule has 0 spiro atoms. The number of piperidine rings is 1. The minimum atomic E-state index is 0. The molecule has 21 heavy (non-hydrogen) atoms. The fraction of sp³-hybridized carbons (Fsp3) is 0.562. The number of carbonyl (C=O) groups is 1. The molecule has 1 amide bonds.